The number of pyridine rings is 2. The molecule has 0 N–H and O–H groups in total. The molecule has 0 aliphatic heterocycles. The summed E-state index contributed by atoms with van der Waals surface area (Å²) >= 11 is 0. The van der Waals surface area contributed by atoms with Gasteiger partial charge in [0.2, 0.25) is 5.71 Å². The van der Waals surface area contributed by atoms with Gasteiger partial charge in [-0.1, -0.05) is 63.2 Å². The summed E-state index contributed by atoms with van der Waals surface area (Å²) in [5, 5.41) is 3.38. The zero-order chi connectivity index (χ0) is 29.3. The van der Waals surface area contributed by atoms with Crippen LogP contribution in [0.25, 0.3) is 55.2 Å². The van der Waals surface area contributed by atoms with Gasteiger partial charge in [0.1, 0.15) is 5.58 Å². The molecule has 0 bridgehead atoms. The molecule has 172 valence electrons. The molecule has 0 fully saturated rings. The number of furan rings is 1. The van der Waals surface area contributed by atoms with Gasteiger partial charge in [-0.25, -0.2) is 4.98 Å². The van der Waals surface area contributed by atoms with Crippen LogP contribution in [-0.4, -0.2) is 9.97 Å². The first-order valence-electron chi connectivity index (χ1n) is 14.6. The summed E-state index contributed by atoms with van der Waals surface area (Å²) in [5.41, 5.74) is 4.44. The summed E-state index contributed by atoms with van der Waals surface area (Å²) in [6, 6.07) is 22.4. The predicted molar refractivity (Wildman–Crippen MR) is 146 cm³/mol. The fraction of sp³-hybridized carbons (Fsp3) is 0.188. The number of hydrogen-bond donors (Lipinski definition) is 0. The van der Waals surface area contributed by atoms with Gasteiger partial charge in [-0.2, -0.15) is 0 Å². The highest BCUT2D eigenvalue weighted by Gasteiger charge is 2.21. The van der Waals surface area contributed by atoms with Crippen LogP contribution in [0.2, 0.25) is 0 Å². The second-order valence-electron chi connectivity index (χ2n) is 9.91. The molecule has 3 heterocycles. The van der Waals surface area contributed by atoms with Crippen molar-refractivity contribution in [1.29, 1.82) is 0 Å². The second-order valence-corrected chi connectivity index (χ2v) is 9.91. The van der Waals surface area contributed by atoms with Crippen LogP contribution in [0.1, 0.15) is 45.8 Å². The topological polar surface area (TPSA) is 38.9 Å². The summed E-state index contributed by atoms with van der Waals surface area (Å²) < 4.78 is 54.6. The Bertz CT molecular complexity index is 1960. The van der Waals surface area contributed by atoms with E-state index in [2.05, 4.69) is 30.7 Å². The van der Waals surface area contributed by atoms with Gasteiger partial charge in [0.15, 0.2) is 0 Å². The van der Waals surface area contributed by atoms with Crippen molar-refractivity contribution in [2.24, 2.45) is 0 Å². The molecule has 3 nitrogen and oxygen atoms in total. The summed E-state index contributed by atoms with van der Waals surface area (Å²) in [6.07, 6.45) is 1.67. The third kappa shape index (κ3) is 3.50. The lowest BCUT2D eigenvalue weighted by atomic mass is 9.80. The van der Waals surface area contributed by atoms with Gasteiger partial charge in [-0.15, -0.1) is 0 Å². The Labute approximate surface area is 213 Å². The molecule has 0 saturated carbocycles. The van der Waals surface area contributed by atoms with Crippen LogP contribution in [0.4, 0.5) is 0 Å². The van der Waals surface area contributed by atoms with Crippen LogP contribution in [0.5, 0.6) is 0 Å². The first-order chi connectivity index (χ1) is 19.2. The van der Waals surface area contributed by atoms with Gasteiger partial charge in [0.05, 0.1) is 5.69 Å². The van der Waals surface area contributed by atoms with Crippen molar-refractivity contribution in [3.8, 4) is 22.4 Å². The van der Waals surface area contributed by atoms with E-state index in [0.717, 1.165) is 27.3 Å². The van der Waals surface area contributed by atoms with Crippen LogP contribution in [0.3, 0.4) is 0 Å². The number of nitrogens with zero attached hydrogens (tertiary/aromatic N) is 2. The van der Waals surface area contributed by atoms with E-state index >= 15 is 0 Å². The summed E-state index contributed by atoms with van der Waals surface area (Å²) in [5.74, 6) is 0. The van der Waals surface area contributed by atoms with E-state index in [9.17, 15) is 0 Å². The second kappa shape index (κ2) is 7.78. The summed E-state index contributed by atoms with van der Waals surface area (Å²) in [7, 11) is 0. The van der Waals surface area contributed by atoms with Gasteiger partial charge in [0.25, 0.3) is 0 Å². The fourth-order valence-electron chi connectivity index (χ4n) is 4.92. The van der Waals surface area contributed by atoms with E-state index in [0.29, 0.717) is 33.4 Å². The maximum absolute atomic E-state index is 8.44. The van der Waals surface area contributed by atoms with Crippen molar-refractivity contribution in [2.45, 2.75) is 39.9 Å². The molecule has 0 saturated heterocycles. The molecule has 0 amide bonds. The highest BCUT2D eigenvalue weighted by molar-refractivity contribution is 6.08. The molecule has 0 spiro atoms. The minimum atomic E-state index is -2.35. The highest BCUT2D eigenvalue weighted by Crippen LogP contribution is 2.40. The van der Waals surface area contributed by atoms with E-state index in [4.69, 9.17) is 12.6 Å². The largest absolute Gasteiger partial charge is 0.437 e. The normalized spacial score (nSPS) is 15.4. The summed E-state index contributed by atoms with van der Waals surface area (Å²) in [6.45, 7) is 1.58. The van der Waals surface area contributed by atoms with Crippen LogP contribution in [0.15, 0.2) is 83.4 Å². The molecular formula is C32H28N2O. The quantitative estimate of drug-likeness (QED) is 0.258. The minimum absolute atomic E-state index is 0.0338. The summed E-state index contributed by atoms with van der Waals surface area (Å²) in [4.78, 5) is 8.90. The number of hydrogen-bond acceptors (Lipinski definition) is 3. The van der Waals surface area contributed by atoms with Crippen molar-refractivity contribution in [1.82, 2.24) is 9.97 Å². The highest BCUT2D eigenvalue weighted by atomic mass is 16.3. The van der Waals surface area contributed by atoms with Crippen molar-refractivity contribution in [3.05, 3.63) is 95.8 Å². The molecule has 6 aromatic rings. The van der Waals surface area contributed by atoms with Gasteiger partial charge in [-0.3, -0.25) is 4.98 Å². The molecule has 35 heavy (non-hydrogen) atoms. The molecule has 0 unspecified atom stereocenters. The molecule has 0 radical (unpaired) electrons. The van der Waals surface area contributed by atoms with Crippen molar-refractivity contribution < 1.29 is 12.6 Å². The molecule has 6 rings (SSSR count). The number of para-hydroxylation sites is 1. The molecule has 3 heteroatoms. The predicted octanol–water partition coefficient (Wildman–Crippen LogP) is 8.78. The Morgan fingerprint density at radius 2 is 1.63 bits per heavy atom. The third-order valence-electron chi connectivity index (χ3n) is 6.54. The Kier molecular flexibility index (Phi) is 3.52. The van der Waals surface area contributed by atoms with Crippen LogP contribution in [-0.2, 0) is 5.41 Å². The van der Waals surface area contributed by atoms with Gasteiger partial charge >= 0.3 is 0 Å². The zero-order valence-electron chi connectivity index (χ0n) is 25.8. The lowest BCUT2D eigenvalue weighted by Crippen LogP contribution is -2.12. The molecule has 0 atom stereocenters. The Morgan fingerprint density at radius 3 is 2.43 bits per heavy atom. The Balaban J connectivity index is 1.60. The van der Waals surface area contributed by atoms with Crippen molar-refractivity contribution in [3.63, 3.8) is 0 Å². The van der Waals surface area contributed by atoms with Crippen molar-refractivity contribution in [2.75, 3.05) is 0 Å². The van der Waals surface area contributed by atoms with Crippen LogP contribution < -0.4 is 0 Å². The van der Waals surface area contributed by atoms with Crippen molar-refractivity contribution >= 4 is 32.8 Å². The Hall–Kier alpha value is -3.98. The van der Waals surface area contributed by atoms with E-state index in [1.807, 2.05) is 60.7 Å². The standard InChI is InChI=1S/C32H28N2O/c1-19-17-27(32(3,4)5)22-9-6-7-10-23(22)29(19)21-15-16-33-28(18-21)26-12-8-11-24-25-14-13-20(2)34-31(25)35-30(24)26/h6-18H,1-5H3/i1D3,2D3. The Morgan fingerprint density at radius 1 is 0.800 bits per heavy atom. The molecule has 3 aromatic heterocycles. The maximum Gasteiger partial charge on any atom is 0.227 e. The monoisotopic (exact) mass is 462 g/mol. The zero-order valence-corrected chi connectivity index (χ0v) is 19.8. The van der Waals surface area contributed by atoms with E-state index in [-0.39, 0.29) is 16.8 Å². The lowest BCUT2D eigenvalue weighted by Gasteiger charge is -2.24. The molecule has 3 aromatic carbocycles. The smallest absolute Gasteiger partial charge is 0.227 e. The first-order valence-corrected chi connectivity index (χ1v) is 11.6. The third-order valence-corrected chi connectivity index (χ3v) is 6.54. The lowest BCUT2D eigenvalue weighted by molar-refractivity contribution is 0.595. The van der Waals surface area contributed by atoms with Gasteiger partial charge in [0, 0.05) is 36.5 Å². The fourth-order valence-corrected chi connectivity index (χ4v) is 4.92. The number of fused-ring (bicyclic) bond motifs is 4. The average Bonchev–Trinajstić information content (AvgIpc) is 3.29. The number of aryl methyl sites for hydroxylation is 2. The van der Waals surface area contributed by atoms with Crippen LogP contribution in [0, 0.1) is 13.7 Å². The minimum Gasteiger partial charge on any atom is -0.437 e. The average molecular weight is 463 g/mol. The number of rotatable bonds is 2. The molecule has 0 aliphatic carbocycles. The number of aromatic nitrogens is 2. The van der Waals surface area contributed by atoms with Gasteiger partial charge < -0.3 is 4.42 Å². The van der Waals surface area contributed by atoms with E-state index in [1.165, 1.54) is 6.07 Å². The van der Waals surface area contributed by atoms with E-state index < -0.39 is 13.7 Å². The SMILES string of the molecule is [2H]C([2H])([2H])c1ccc2c(n1)oc1c(-c3cc(-c4c(C([2H])([2H])[2H])cc(C(C)(C)C)c5ccccc45)ccn3)cccc12. The van der Waals surface area contributed by atoms with E-state index in [1.54, 1.807) is 12.3 Å². The van der Waals surface area contributed by atoms with Gasteiger partial charge in [-0.05, 0) is 82.5 Å². The molecule has 0 aliphatic rings. The first kappa shape index (κ1) is 15.8. The maximum atomic E-state index is 8.44. The molecular weight excluding hydrogens is 428 g/mol. The number of benzene rings is 3. The van der Waals surface area contributed by atoms with Crippen LogP contribution >= 0.6 is 0 Å².